The Bertz CT molecular complexity index is 264. The van der Waals surface area contributed by atoms with Crippen LogP contribution in [0.5, 0.6) is 0 Å². The van der Waals surface area contributed by atoms with Crippen LogP contribution >= 0.6 is 0 Å². The lowest BCUT2D eigenvalue weighted by Gasteiger charge is -2.36. The maximum Gasteiger partial charge on any atom is 0.227 e. The van der Waals surface area contributed by atoms with Gasteiger partial charge in [0, 0.05) is 19.7 Å². The van der Waals surface area contributed by atoms with Gasteiger partial charge in [-0.15, -0.1) is 0 Å². The Morgan fingerprint density at radius 3 is 2.70 bits per heavy atom. The van der Waals surface area contributed by atoms with Crippen molar-refractivity contribution in [1.82, 2.24) is 10.6 Å². The second-order valence-electron chi connectivity index (χ2n) is 6.19. The number of nitrogens with one attached hydrogen (secondary N) is 2. The molecule has 0 radical (unpaired) electrons. The van der Waals surface area contributed by atoms with Gasteiger partial charge in [0.1, 0.15) is 0 Å². The third-order valence-corrected chi connectivity index (χ3v) is 4.47. The van der Waals surface area contributed by atoms with Crippen molar-refractivity contribution in [3.8, 4) is 0 Å². The van der Waals surface area contributed by atoms with Gasteiger partial charge >= 0.3 is 0 Å². The van der Waals surface area contributed by atoms with Crippen LogP contribution in [0.4, 0.5) is 0 Å². The van der Waals surface area contributed by atoms with Crippen LogP contribution in [-0.4, -0.2) is 37.3 Å². The number of aliphatic hydroxyl groups excluding tert-OH is 1. The molecule has 4 heteroatoms. The predicted octanol–water partition coefficient (Wildman–Crippen LogP) is 2.07. The zero-order chi connectivity index (χ0) is 14.8. The van der Waals surface area contributed by atoms with E-state index in [9.17, 15) is 4.79 Å². The molecule has 0 saturated carbocycles. The van der Waals surface area contributed by atoms with Crippen LogP contribution < -0.4 is 10.6 Å². The monoisotopic (exact) mass is 284 g/mol. The smallest absolute Gasteiger partial charge is 0.227 e. The molecule has 2 atom stereocenters. The van der Waals surface area contributed by atoms with Crippen molar-refractivity contribution in [2.24, 2.45) is 11.3 Å². The maximum absolute atomic E-state index is 12.6. The van der Waals surface area contributed by atoms with Gasteiger partial charge in [-0.25, -0.2) is 0 Å². The summed E-state index contributed by atoms with van der Waals surface area (Å²) >= 11 is 0. The second-order valence-corrected chi connectivity index (χ2v) is 6.19. The highest BCUT2D eigenvalue weighted by Gasteiger charge is 2.38. The predicted molar refractivity (Wildman–Crippen MR) is 82.6 cm³/mol. The third kappa shape index (κ3) is 5.06. The molecular weight excluding hydrogens is 252 g/mol. The molecule has 1 aliphatic rings. The fourth-order valence-electron chi connectivity index (χ4n) is 3.33. The number of rotatable bonds is 9. The molecule has 20 heavy (non-hydrogen) atoms. The van der Waals surface area contributed by atoms with Crippen molar-refractivity contribution in [1.29, 1.82) is 0 Å². The van der Waals surface area contributed by atoms with E-state index in [2.05, 4.69) is 24.5 Å². The molecule has 0 aliphatic carbocycles. The Labute approximate surface area is 123 Å². The summed E-state index contributed by atoms with van der Waals surface area (Å²) in [6, 6.07) is 0. The van der Waals surface area contributed by atoms with E-state index in [0.29, 0.717) is 12.5 Å². The lowest BCUT2D eigenvalue weighted by molar-refractivity contribution is -0.132. The zero-order valence-corrected chi connectivity index (χ0v) is 13.2. The molecular formula is C16H32N2O2. The minimum Gasteiger partial charge on any atom is -0.396 e. The van der Waals surface area contributed by atoms with Crippen LogP contribution in [0.25, 0.3) is 0 Å². The number of hydrogen-bond acceptors (Lipinski definition) is 3. The van der Waals surface area contributed by atoms with Crippen LogP contribution in [0.1, 0.15) is 58.8 Å². The van der Waals surface area contributed by atoms with Crippen molar-refractivity contribution in [2.75, 3.05) is 26.2 Å². The molecule has 4 nitrogen and oxygen atoms in total. The molecule has 1 amide bonds. The highest BCUT2D eigenvalue weighted by molar-refractivity contribution is 5.83. The molecule has 1 saturated heterocycles. The van der Waals surface area contributed by atoms with Crippen molar-refractivity contribution < 1.29 is 9.90 Å². The van der Waals surface area contributed by atoms with Crippen molar-refractivity contribution >= 4 is 5.91 Å². The van der Waals surface area contributed by atoms with E-state index in [4.69, 9.17) is 5.11 Å². The van der Waals surface area contributed by atoms with E-state index in [1.54, 1.807) is 0 Å². The molecule has 0 aromatic heterocycles. The maximum atomic E-state index is 12.6. The van der Waals surface area contributed by atoms with Gasteiger partial charge in [0.15, 0.2) is 0 Å². The number of piperidine rings is 1. The average Bonchev–Trinajstić information content (AvgIpc) is 2.46. The van der Waals surface area contributed by atoms with Gasteiger partial charge in [-0.05, 0) is 44.6 Å². The molecule has 1 fully saturated rings. The first-order chi connectivity index (χ1) is 9.68. The van der Waals surface area contributed by atoms with E-state index in [1.807, 2.05) is 0 Å². The molecule has 1 heterocycles. The largest absolute Gasteiger partial charge is 0.396 e. The van der Waals surface area contributed by atoms with Gasteiger partial charge < -0.3 is 15.7 Å². The fourth-order valence-corrected chi connectivity index (χ4v) is 3.33. The number of hydrogen-bond donors (Lipinski definition) is 3. The summed E-state index contributed by atoms with van der Waals surface area (Å²) in [5.74, 6) is 0.620. The highest BCUT2D eigenvalue weighted by atomic mass is 16.3. The summed E-state index contributed by atoms with van der Waals surface area (Å²) in [6.07, 6.45) is 7.05. The molecule has 0 bridgehead atoms. The molecule has 1 rings (SSSR count). The summed E-state index contributed by atoms with van der Waals surface area (Å²) in [6.45, 7) is 7.05. The van der Waals surface area contributed by atoms with Crippen molar-refractivity contribution in [3.05, 3.63) is 0 Å². The topological polar surface area (TPSA) is 61.4 Å². The highest BCUT2D eigenvalue weighted by Crippen LogP contribution is 2.32. The minimum atomic E-state index is -0.205. The number of carbonyl (C=O) groups is 1. The first-order valence-electron chi connectivity index (χ1n) is 8.28. The van der Waals surface area contributed by atoms with E-state index < -0.39 is 0 Å². The van der Waals surface area contributed by atoms with E-state index in [1.165, 1.54) is 0 Å². The quantitative estimate of drug-likeness (QED) is 0.607. The van der Waals surface area contributed by atoms with Gasteiger partial charge in [-0.1, -0.05) is 26.7 Å². The van der Waals surface area contributed by atoms with Gasteiger partial charge in [-0.2, -0.15) is 0 Å². The Kier molecular flexibility index (Phi) is 8.15. The first kappa shape index (κ1) is 17.4. The Morgan fingerprint density at radius 2 is 2.15 bits per heavy atom. The van der Waals surface area contributed by atoms with Gasteiger partial charge in [0.25, 0.3) is 0 Å². The van der Waals surface area contributed by atoms with Crippen molar-refractivity contribution in [3.63, 3.8) is 0 Å². The SMILES string of the molecule is CCCC(CCO)CNC(=O)C1(CCC)CCCNC1. The molecule has 0 aromatic rings. The van der Waals surface area contributed by atoms with Crippen LogP contribution in [-0.2, 0) is 4.79 Å². The Balaban J connectivity index is 2.52. The standard InChI is InChI=1S/C16H32N2O2/c1-3-6-14(7-11-19)12-18-15(20)16(8-4-2)9-5-10-17-13-16/h14,17,19H,3-13H2,1-2H3,(H,18,20). The van der Waals surface area contributed by atoms with E-state index >= 15 is 0 Å². The van der Waals surface area contributed by atoms with E-state index in [-0.39, 0.29) is 17.9 Å². The number of carbonyl (C=O) groups excluding carboxylic acids is 1. The summed E-state index contributed by atoms with van der Waals surface area (Å²) in [7, 11) is 0. The number of aliphatic hydroxyl groups is 1. The summed E-state index contributed by atoms with van der Waals surface area (Å²) in [4.78, 5) is 12.6. The Hall–Kier alpha value is -0.610. The van der Waals surface area contributed by atoms with Crippen LogP contribution in [0.2, 0.25) is 0 Å². The summed E-state index contributed by atoms with van der Waals surface area (Å²) in [5.41, 5.74) is -0.205. The van der Waals surface area contributed by atoms with Crippen LogP contribution in [0.15, 0.2) is 0 Å². The Morgan fingerprint density at radius 1 is 1.35 bits per heavy atom. The molecule has 1 aliphatic heterocycles. The second kappa shape index (κ2) is 9.35. The number of amides is 1. The lowest BCUT2D eigenvalue weighted by Crippen LogP contribution is -2.51. The molecule has 3 N–H and O–H groups in total. The average molecular weight is 284 g/mol. The lowest BCUT2D eigenvalue weighted by atomic mass is 9.76. The minimum absolute atomic E-state index is 0.205. The summed E-state index contributed by atoms with van der Waals surface area (Å²) in [5, 5.41) is 15.6. The molecule has 2 unspecified atom stereocenters. The normalized spacial score (nSPS) is 24.4. The van der Waals surface area contributed by atoms with Crippen LogP contribution in [0, 0.1) is 11.3 Å². The molecule has 0 aromatic carbocycles. The van der Waals surface area contributed by atoms with Crippen molar-refractivity contribution in [2.45, 2.75) is 58.8 Å². The molecule has 0 spiro atoms. The summed E-state index contributed by atoms with van der Waals surface area (Å²) < 4.78 is 0. The molecule has 118 valence electrons. The van der Waals surface area contributed by atoms with Gasteiger partial charge in [0.2, 0.25) is 5.91 Å². The van der Waals surface area contributed by atoms with E-state index in [0.717, 1.165) is 58.0 Å². The zero-order valence-electron chi connectivity index (χ0n) is 13.2. The third-order valence-electron chi connectivity index (χ3n) is 4.47. The van der Waals surface area contributed by atoms with Crippen LogP contribution in [0.3, 0.4) is 0 Å². The van der Waals surface area contributed by atoms with Gasteiger partial charge in [0.05, 0.1) is 5.41 Å². The fraction of sp³-hybridized carbons (Fsp3) is 0.938. The first-order valence-corrected chi connectivity index (χ1v) is 8.28. The van der Waals surface area contributed by atoms with Gasteiger partial charge in [-0.3, -0.25) is 4.79 Å².